The topological polar surface area (TPSA) is 45.0 Å². The van der Waals surface area contributed by atoms with Gasteiger partial charge in [0.25, 0.3) is 0 Å². The van der Waals surface area contributed by atoms with Crippen molar-refractivity contribution in [2.45, 2.75) is 52.5 Å². The maximum absolute atomic E-state index is 10.3. The van der Waals surface area contributed by atoms with E-state index in [9.17, 15) is 5.11 Å². The van der Waals surface area contributed by atoms with Crippen molar-refractivity contribution in [3.63, 3.8) is 0 Å². The molecule has 0 aliphatic carbocycles. The molecule has 1 atom stereocenters. The summed E-state index contributed by atoms with van der Waals surface area (Å²) < 4.78 is 3.87. The van der Waals surface area contributed by atoms with Crippen molar-refractivity contribution in [1.29, 1.82) is 0 Å². The molecular weight excluding hydrogens is 252 g/mol. The van der Waals surface area contributed by atoms with Gasteiger partial charge in [0.05, 0.1) is 6.54 Å². The van der Waals surface area contributed by atoms with Gasteiger partial charge in [0.15, 0.2) is 10.4 Å². The smallest absolute Gasteiger partial charge is 0.162 e. The van der Waals surface area contributed by atoms with Crippen LogP contribution >= 0.6 is 0 Å². The fraction of sp³-hybridized carbons (Fsp3) is 0.600. The van der Waals surface area contributed by atoms with Gasteiger partial charge in [-0.25, -0.2) is 5.11 Å². The van der Waals surface area contributed by atoms with Crippen molar-refractivity contribution < 1.29 is 5.11 Å². The summed E-state index contributed by atoms with van der Waals surface area (Å²) in [5.74, 6) is 1.09. The van der Waals surface area contributed by atoms with Gasteiger partial charge in [0, 0.05) is 5.56 Å². The second kappa shape index (κ2) is 8.86. The molecule has 3 nitrogen and oxygen atoms in total. The Morgan fingerprint density at radius 3 is 2.63 bits per heavy atom. The first-order valence-electron chi connectivity index (χ1n) is 7.28. The Kier molecular flexibility index (Phi) is 7.41. The van der Waals surface area contributed by atoms with Gasteiger partial charge >= 0.3 is 0 Å². The fourth-order valence-corrected chi connectivity index (χ4v) is 2.48. The largest absolute Gasteiger partial charge is 0.507 e. The zero-order valence-corrected chi connectivity index (χ0v) is 14.4. The molecule has 0 spiro atoms. The minimum atomic E-state index is 0.423. The number of hydrogen-bond donors (Lipinski definition) is 1. The quantitative estimate of drug-likeness (QED) is 0.575. The van der Waals surface area contributed by atoms with Crippen molar-refractivity contribution in [2.24, 2.45) is 15.8 Å². The van der Waals surface area contributed by atoms with Crippen molar-refractivity contribution in [2.75, 3.05) is 0 Å². The number of hydrogen-bond acceptors (Lipinski definition) is 3. The first-order valence-corrected chi connectivity index (χ1v) is 8.17. The van der Waals surface area contributed by atoms with Crippen molar-refractivity contribution in [3.8, 4) is 5.75 Å². The molecular formula is C15H26N2OSi. The third kappa shape index (κ3) is 5.15. The third-order valence-electron chi connectivity index (χ3n) is 3.64. The molecule has 1 unspecified atom stereocenters. The Balaban J connectivity index is 2.76. The van der Waals surface area contributed by atoms with E-state index in [1.165, 1.54) is 25.7 Å². The van der Waals surface area contributed by atoms with Gasteiger partial charge in [0.2, 0.25) is 0 Å². The van der Waals surface area contributed by atoms with Crippen LogP contribution < -0.4 is 0 Å². The van der Waals surface area contributed by atoms with E-state index in [0.717, 1.165) is 28.0 Å². The molecule has 0 aliphatic rings. The molecule has 0 amide bonds. The summed E-state index contributed by atoms with van der Waals surface area (Å²) in [5, 5.41) is 14.3. The van der Waals surface area contributed by atoms with E-state index in [1.807, 2.05) is 18.2 Å². The molecule has 0 fully saturated rings. The lowest BCUT2D eigenvalue weighted by Crippen LogP contribution is -2.04. The Morgan fingerprint density at radius 1 is 1.26 bits per heavy atom. The number of nitrogens with zero attached hydrogens (tertiary/aromatic N) is 2. The summed E-state index contributed by atoms with van der Waals surface area (Å²) in [7, 11) is 0.722. The van der Waals surface area contributed by atoms with Crippen LogP contribution in [0.4, 0.5) is 0 Å². The number of phenolic OH excluding ortho intramolecular Hbond substituents is 1. The zero-order valence-electron chi connectivity index (χ0n) is 12.4. The average molecular weight is 278 g/mol. The van der Waals surface area contributed by atoms with Crippen LogP contribution in [0.2, 0.25) is 0 Å². The standard InChI is InChI=1S/C15H26N2OSi/c1-3-5-7-12(4-2)10-13-8-6-9-14(15(13)18)11-16-17-19/h6,8-9,12,18H,3-5,7,10-11H2,1-2,19H3/b17-16+. The van der Waals surface area contributed by atoms with Gasteiger partial charge in [-0.15, -0.1) is 0 Å². The highest BCUT2D eigenvalue weighted by Crippen LogP contribution is 2.28. The second-order valence-electron chi connectivity index (χ2n) is 5.05. The SMILES string of the molecule is CCCCC(CC)Cc1cccc(C/N=N/[SiH3])c1O. The molecule has 0 heterocycles. The molecule has 0 aromatic heterocycles. The number of benzene rings is 1. The van der Waals surface area contributed by atoms with Crippen LogP contribution in [0.1, 0.15) is 50.7 Å². The number of rotatable bonds is 8. The van der Waals surface area contributed by atoms with Crippen LogP contribution in [0.25, 0.3) is 0 Å². The Hall–Kier alpha value is -1.16. The minimum Gasteiger partial charge on any atom is -0.507 e. The summed E-state index contributed by atoms with van der Waals surface area (Å²) in [4.78, 5) is 0. The molecule has 4 heteroatoms. The highest BCUT2D eigenvalue weighted by atomic mass is 28.2. The summed E-state index contributed by atoms with van der Waals surface area (Å²) >= 11 is 0. The van der Waals surface area contributed by atoms with Gasteiger partial charge in [-0.3, -0.25) is 4.78 Å². The highest BCUT2D eigenvalue weighted by Gasteiger charge is 2.12. The van der Waals surface area contributed by atoms with Gasteiger partial charge in [-0.2, -0.15) is 0 Å². The summed E-state index contributed by atoms with van der Waals surface area (Å²) in [6.45, 7) is 4.95. The predicted octanol–water partition coefficient (Wildman–Crippen LogP) is 3.38. The zero-order chi connectivity index (χ0) is 14.1. The predicted molar refractivity (Wildman–Crippen MR) is 83.6 cm³/mol. The molecule has 0 saturated heterocycles. The van der Waals surface area contributed by atoms with E-state index in [0.29, 0.717) is 18.2 Å². The lowest BCUT2D eigenvalue weighted by atomic mass is 9.91. The van der Waals surface area contributed by atoms with Gasteiger partial charge in [-0.1, -0.05) is 57.7 Å². The Morgan fingerprint density at radius 2 is 2.00 bits per heavy atom. The molecule has 1 N–H and O–H groups in total. The number of unbranched alkanes of at least 4 members (excludes halogenated alkanes) is 1. The van der Waals surface area contributed by atoms with Gasteiger partial charge < -0.3 is 5.11 Å². The fourth-order valence-electron chi connectivity index (χ4n) is 2.34. The van der Waals surface area contributed by atoms with Gasteiger partial charge in [0.1, 0.15) is 5.75 Å². The Labute approximate surface area is 119 Å². The maximum Gasteiger partial charge on any atom is 0.162 e. The van der Waals surface area contributed by atoms with E-state index in [-0.39, 0.29) is 0 Å². The molecule has 0 aliphatic heterocycles. The molecule has 106 valence electrons. The van der Waals surface area contributed by atoms with E-state index in [4.69, 9.17) is 0 Å². The van der Waals surface area contributed by atoms with Crippen LogP contribution in [-0.4, -0.2) is 15.5 Å². The van der Waals surface area contributed by atoms with Crippen LogP contribution in [-0.2, 0) is 13.0 Å². The third-order valence-corrected chi connectivity index (χ3v) is 3.92. The average Bonchev–Trinajstić information content (AvgIpc) is 2.43. The maximum atomic E-state index is 10.3. The van der Waals surface area contributed by atoms with E-state index in [1.54, 1.807) is 0 Å². The molecule has 1 aromatic rings. The van der Waals surface area contributed by atoms with E-state index >= 15 is 0 Å². The first-order chi connectivity index (χ1) is 9.22. The van der Waals surface area contributed by atoms with Gasteiger partial charge in [-0.05, 0) is 17.9 Å². The summed E-state index contributed by atoms with van der Waals surface area (Å²) in [5.41, 5.74) is 1.95. The monoisotopic (exact) mass is 278 g/mol. The first kappa shape index (κ1) is 15.9. The van der Waals surface area contributed by atoms with Crippen molar-refractivity contribution in [1.82, 2.24) is 0 Å². The summed E-state index contributed by atoms with van der Waals surface area (Å²) in [6.07, 6.45) is 5.89. The molecule has 1 rings (SSSR count). The minimum absolute atomic E-state index is 0.423. The normalized spacial score (nSPS) is 13.2. The van der Waals surface area contributed by atoms with Crippen LogP contribution in [0.15, 0.2) is 28.1 Å². The number of para-hydroxylation sites is 1. The van der Waals surface area contributed by atoms with Crippen molar-refractivity contribution >= 4 is 10.4 Å². The molecule has 0 bridgehead atoms. The lowest BCUT2D eigenvalue weighted by molar-refractivity contribution is 0.423. The van der Waals surface area contributed by atoms with Crippen LogP contribution in [0, 0.1) is 5.92 Å². The Bertz CT molecular complexity index is 407. The van der Waals surface area contributed by atoms with Crippen molar-refractivity contribution in [3.05, 3.63) is 29.3 Å². The van der Waals surface area contributed by atoms with Crippen LogP contribution in [0.5, 0.6) is 5.75 Å². The lowest BCUT2D eigenvalue weighted by Gasteiger charge is -2.16. The van der Waals surface area contributed by atoms with E-state index < -0.39 is 0 Å². The highest BCUT2D eigenvalue weighted by molar-refractivity contribution is 6.04. The summed E-state index contributed by atoms with van der Waals surface area (Å²) in [6, 6.07) is 5.98. The molecule has 19 heavy (non-hydrogen) atoms. The molecule has 0 saturated carbocycles. The molecule has 1 aromatic carbocycles. The number of phenols is 1. The number of aromatic hydroxyl groups is 1. The molecule has 0 radical (unpaired) electrons. The van der Waals surface area contributed by atoms with E-state index in [2.05, 4.69) is 23.7 Å². The van der Waals surface area contributed by atoms with Crippen LogP contribution in [0.3, 0.4) is 0 Å². The second-order valence-corrected chi connectivity index (χ2v) is 5.45.